The smallest absolute Gasteiger partial charge is 1.00 e. The molecule has 0 heterocycles. The number of carbonyl (C=O) groups excluding carboxylic acids is 1. The van der Waals surface area contributed by atoms with Gasteiger partial charge in [0, 0.05) is 10.9 Å². The van der Waals surface area contributed by atoms with E-state index in [2.05, 4.69) is 0 Å². The fraction of sp³-hybridized carbons (Fsp3) is 0.235. The molecule has 0 aromatic heterocycles. The molecule has 152 valence electrons. The van der Waals surface area contributed by atoms with Crippen LogP contribution in [0.1, 0.15) is 2.85 Å². The van der Waals surface area contributed by atoms with Gasteiger partial charge in [0.2, 0.25) is 0 Å². The zero-order chi connectivity index (χ0) is 20.7. The van der Waals surface area contributed by atoms with Crippen LogP contribution in [0.3, 0.4) is 0 Å². The Labute approximate surface area is 263 Å². The molecule has 2 N–H and O–H groups in total. The molecular formula is C17H22B2K2O9. The minimum Gasteiger partial charge on any atom is -1.00 e. The number of hydrogen-bond donors (Lipinski definition) is 2. The van der Waals surface area contributed by atoms with Crippen molar-refractivity contribution in [3.63, 3.8) is 0 Å². The molecule has 0 saturated heterocycles. The van der Waals surface area contributed by atoms with Crippen molar-refractivity contribution in [2.45, 2.75) is 0 Å². The first kappa shape index (κ1) is 30.2. The molecule has 9 nitrogen and oxygen atoms in total. The average molecular weight is 470 g/mol. The summed E-state index contributed by atoms with van der Waals surface area (Å²) >= 11 is 0. The molecular weight excluding hydrogens is 448 g/mol. The first-order valence-corrected chi connectivity index (χ1v) is 8.10. The third kappa shape index (κ3) is 8.30. The second kappa shape index (κ2) is 15.1. The van der Waals surface area contributed by atoms with Gasteiger partial charge in [-0.25, -0.2) is 4.79 Å². The first-order valence-electron chi connectivity index (χ1n) is 8.10. The molecule has 0 aliphatic carbocycles. The van der Waals surface area contributed by atoms with E-state index in [9.17, 15) is 14.8 Å². The molecule has 2 aromatic carbocycles. The topological polar surface area (TPSA) is 113 Å². The Morgan fingerprint density at radius 1 is 0.700 bits per heavy atom. The minimum absolute atomic E-state index is 0. The zero-order valence-corrected chi connectivity index (χ0v) is 24.1. The van der Waals surface area contributed by atoms with Gasteiger partial charge in [-0.05, 0) is 24.3 Å². The molecule has 2 rings (SSSR count). The van der Waals surface area contributed by atoms with Crippen LogP contribution in [-0.4, -0.2) is 58.9 Å². The molecule has 0 saturated carbocycles. The van der Waals surface area contributed by atoms with E-state index in [1.165, 1.54) is 52.7 Å². The van der Waals surface area contributed by atoms with E-state index in [0.717, 1.165) is 0 Å². The van der Waals surface area contributed by atoms with Crippen LogP contribution in [0, 0.1) is 0 Å². The number of hydrogen-bond acceptors (Lipinski definition) is 9. The van der Waals surface area contributed by atoms with Gasteiger partial charge in [0.25, 0.3) is 0 Å². The summed E-state index contributed by atoms with van der Waals surface area (Å²) in [7, 11) is 2.54. The third-order valence-corrected chi connectivity index (χ3v) is 3.80. The molecule has 13 heteroatoms. The predicted molar refractivity (Wildman–Crippen MR) is 104 cm³/mol. The maximum Gasteiger partial charge on any atom is 1.00 e. The summed E-state index contributed by atoms with van der Waals surface area (Å²) in [5.41, 5.74) is 0.463. The van der Waals surface area contributed by atoms with Gasteiger partial charge in [0.05, 0.1) is 28.4 Å². The molecule has 0 unspecified atom stereocenters. The number of ether oxygens (including phenoxy) is 4. The van der Waals surface area contributed by atoms with Gasteiger partial charge < -0.3 is 41.2 Å². The van der Waals surface area contributed by atoms with E-state index in [1.807, 2.05) is 0 Å². The Morgan fingerprint density at radius 3 is 1.33 bits per heavy atom. The molecule has 30 heavy (non-hydrogen) atoms. The normalized spacial score (nSPS) is 9.27. The summed E-state index contributed by atoms with van der Waals surface area (Å²) in [6.45, 7) is 0. The van der Waals surface area contributed by atoms with Gasteiger partial charge in [0.1, 0.15) is 0 Å². The first-order chi connectivity index (χ1) is 13.4. The van der Waals surface area contributed by atoms with Gasteiger partial charge in [0.15, 0.2) is 23.0 Å². The Morgan fingerprint density at radius 2 is 1.03 bits per heavy atom. The summed E-state index contributed by atoms with van der Waals surface area (Å²) in [6.07, 6.45) is -1.27. The number of rotatable bonds is 8. The van der Waals surface area contributed by atoms with Crippen LogP contribution in [0.4, 0.5) is 4.79 Å². The molecule has 0 aliphatic rings. The second-order valence-corrected chi connectivity index (χ2v) is 5.42. The number of carbonyl (C=O) groups is 1. The van der Waals surface area contributed by atoms with Crippen LogP contribution >= 0.6 is 0 Å². The molecule has 0 amide bonds. The van der Waals surface area contributed by atoms with Crippen molar-refractivity contribution in [3.05, 3.63) is 36.4 Å². The quantitative estimate of drug-likeness (QED) is 0.365. The van der Waals surface area contributed by atoms with Crippen LogP contribution < -0.4 is 133 Å². The predicted octanol–water partition coefficient (Wildman–Crippen LogP) is -5.82. The van der Waals surface area contributed by atoms with Crippen LogP contribution in [-0.2, 0) is 9.31 Å². The molecule has 0 bridgehead atoms. The van der Waals surface area contributed by atoms with Gasteiger partial charge in [-0.2, -0.15) is 0 Å². The van der Waals surface area contributed by atoms with Crippen LogP contribution in [0.15, 0.2) is 36.4 Å². The second-order valence-electron chi connectivity index (χ2n) is 5.42. The number of benzene rings is 2. The maximum absolute atomic E-state index is 11.9. The fourth-order valence-electron chi connectivity index (χ4n) is 2.36. The maximum atomic E-state index is 11.9. The Balaban J connectivity index is -0.00000210. The van der Waals surface area contributed by atoms with Crippen molar-refractivity contribution >= 4 is 31.3 Å². The Kier molecular flexibility index (Phi) is 15.3. The van der Waals surface area contributed by atoms with Gasteiger partial charge >= 0.3 is 123 Å². The standard InChI is InChI=1S/C17H20B2O9.2K.2H/c1-23-13-7-5-11(9-15(13)25-3)18(21)27-17(20)28-19(22)12-6-8-14(24-2)16(10-12)26-4;;;;/h5-10,21-22H,1-4H3;;;;/q;2*+1;2*-1. The van der Waals surface area contributed by atoms with E-state index in [0.29, 0.717) is 23.0 Å². The molecule has 0 aliphatic heterocycles. The Bertz CT molecular complexity index is 771. The van der Waals surface area contributed by atoms with Crippen LogP contribution in [0.5, 0.6) is 23.0 Å². The molecule has 0 atom stereocenters. The Hall–Kier alpha value is 0.233. The van der Waals surface area contributed by atoms with Crippen molar-refractivity contribution in [1.29, 1.82) is 0 Å². The number of methoxy groups -OCH3 is 4. The largest absolute Gasteiger partial charge is 1.00 e. The average Bonchev–Trinajstić information content (AvgIpc) is 2.72. The van der Waals surface area contributed by atoms with Crippen LogP contribution in [0.25, 0.3) is 0 Å². The molecule has 2 aromatic rings. The summed E-state index contributed by atoms with van der Waals surface area (Å²) in [5, 5.41) is 20.1. The van der Waals surface area contributed by atoms with E-state index in [1.54, 1.807) is 12.1 Å². The SMILES string of the molecule is COc1ccc(B(O)OC(=O)OB(O)c2ccc(OC)c(OC)c2)cc1OC.[H-].[H-].[K+].[K+]. The molecule has 0 radical (unpaired) electrons. The third-order valence-electron chi connectivity index (χ3n) is 3.80. The van der Waals surface area contributed by atoms with Gasteiger partial charge in [-0.15, -0.1) is 0 Å². The van der Waals surface area contributed by atoms with Crippen molar-refractivity contribution in [2.75, 3.05) is 28.4 Å². The van der Waals surface area contributed by atoms with E-state index < -0.39 is 20.4 Å². The minimum atomic E-state index is -1.63. The van der Waals surface area contributed by atoms with Gasteiger partial charge in [-0.1, -0.05) is 12.1 Å². The fourth-order valence-corrected chi connectivity index (χ4v) is 2.36. The van der Waals surface area contributed by atoms with Crippen molar-refractivity contribution in [3.8, 4) is 23.0 Å². The van der Waals surface area contributed by atoms with E-state index >= 15 is 0 Å². The summed E-state index contributed by atoms with van der Waals surface area (Å²) in [5.74, 6) is 1.59. The monoisotopic (exact) mass is 470 g/mol. The van der Waals surface area contributed by atoms with E-state index in [-0.39, 0.29) is 117 Å². The van der Waals surface area contributed by atoms with Crippen LogP contribution in [0.2, 0.25) is 0 Å². The van der Waals surface area contributed by atoms with Crippen molar-refractivity contribution in [2.24, 2.45) is 0 Å². The van der Waals surface area contributed by atoms with Crippen molar-refractivity contribution < 1.29 is 149 Å². The van der Waals surface area contributed by atoms with Crippen molar-refractivity contribution in [1.82, 2.24) is 0 Å². The zero-order valence-electron chi connectivity index (χ0n) is 19.9. The van der Waals surface area contributed by atoms with E-state index in [4.69, 9.17) is 28.3 Å². The molecule has 0 spiro atoms. The summed E-state index contributed by atoms with van der Waals surface area (Å²) in [4.78, 5) is 11.9. The summed E-state index contributed by atoms with van der Waals surface area (Å²) in [6, 6.07) is 8.96. The van der Waals surface area contributed by atoms with Gasteiger partial charge in [-0.3, -0.25) is 0 Å². The summed E-state index contributed by atoms with van der Waals surface area (Å²) < 4.78 is 30.0. The molecule has 0 fully saturated rings.